The van der Waals surface area contributed by atoms with E-state index in [9.17, 15) is 8.42 Å². The van der Waals surface area contributed by atoms with E-state index in [1.165, 1.54) is 11.3 Å². The number of aromatic nitrogens is 1. The highest BCUT2D eigenvalue weighted by Gasteiger charge is 2.18. The molecular formula is C13H17N3O2S2. The van der Waals surface area contributed by atoms with Crippen molar-refractivity contribution >= 4 is 21.4 Å². The molecule has 2 N–H and O–H groups in total. The SMILES string of the molecule is CNCc1sccc1S(=O)(=O)NCCc1cccnc1. The lowest BCUT2D eigenvalue weighted by Crippen LogP contribution is -2.26. The first-order valence-electron chi connectivity index (χ1n) is 6.23. The predicted molar refractivity (Wildman–Crippen MR) is 80.2 cm³/mol. The molecule has 0 saturated carbocycles. The molecule has 0 saturated heterocycles. The Labute approximate surface area is 123 Å². The number of hydrogen-bond acceptors (Lipinski definition) is 5. The molecule has 0 unspecified atom stereocenters. The van der Waals surface area contributed by atoms with Crippen LogP contribution in [0.1, 0.15) is 10.4 Å². The molecule has 2 heterocycles. The Morgan fingerprint density at radius 3 is 2.90 bits per heavy atom. The van der Waals surface area contributed by atoms with E-state index in [0.29, 0.717) is 24.4 Å². The first-order valence-corrected chi connectivity index (χ1v) is 8.59. The van der Waals surface area contributed by atoms with Gasteiger partial charge < -0.3 is 5.32 Å². The van der Waals surface area contributed by atoms with Crippen LogP contribution in [0.25, 0.3) is 0 Å². The van der Waals surface area contributed by atoms with Gasteiger partial charge in [0.25, 0.3) is 0 Å². The molecule has 0 aliphatic carbocycles. The molecule has 0 aliphatic heterocycles. The van der Waals surface area contributed by atoms with Crippen LogP contribution in [0.2, 0.25) is 0 Å². The van der Waals surface area contributed by atoms with E-state index in [4.69, 9.17) is 0 Å². The summed E-state index contributed by atoms with van der Waals surface area (Å²) in [6.07, 6.45) is 4.06. The predicted octanol–water partition coefficient (Wildman–Crippen LogP) is 1.38. The minimum atomic E-state index is -3.44. The monoisotopic (exact) mass is 311 g/mol. The van der Waals surface area contributed by atoms with Gasteiger partial charge >= 0.3 is 0 Å². The van der Waals surface area contributed by atoms with E-state index < -0.39 is 10.0 Å². The summed E-state index contributed by atoms with van der Waals surface area (Å²) in [7, 11) is -1.64. The van der Waals surface area contributed by atoms with Crippen molar-refractivity contribution < 1.29 is 8.42 Å². The minimum Gasteiger partial charge on any atom is -0.315 e. The van der Waals surface area contributed by atoms with Gasteiger partial charge in [-0.25, -0.2) is 13.1 Å². The largest absolute Gasteiger partial charge is 0.315 e. The zero-order chi connectivity index (χ0) is 14.4. The second-order valence-corrected chi connectivity index (χ2v) is 6.98. The number of nitrogens with zero attached hydrogens (tertiary/aromatic N) is 1. The van der Waals surface area contributed by atoms with Crippen molar-refractivity contribution in [2.75, 3.05) is 13.6 Å². The lowest BCUT2D eigenvalue weighted by atomic mass is 10.2. The summed E-state index contributed by atoms with van der Waals surface area (Å²) >= 11 is 1.44. The summed E-state index contributed by atoms with van der Waals surface area (Å²) < 4.78 is 27.1. The first kappa shape index (κ1) is 15.1. The average Bonchev–Trinajstić information content (AvgIpc) is 2.89. The Kier molecular flexibility index (Phi) is 5.24. The van der Waals surface area contributed by atoms with E-state index in [-0.39, 0.29) is 0 Å². The molecule has 2 aromatic heterocycles. The number of rotatable bonds is 7. The van der Waals surface area contributed by atoms with Crippen molar-refractivity contribution in [1.29, 1.82) is 0 Å². The second kappa shape index (κ2) is 6.94. The lowest BCUT2D eigenvalue weighted by molar-refractivity contribution is 0.580. The molecular weight excluding hydrogens is 294 g/mol. The number of sulfonamides is 1. The molecule has 20 heavy (non-hydrogen) atoms. The molecule has 0 amide bonds. The van der Waals surface area contributed by atoms with Crippen LogP contribution in [0, 0.1) is 0 Å². The summed E-state index contributed by atoms with van der Waals surface area (Å²) in [5.41, 5.74) is 1.01. The Bertz CT molecular complexity index is 639. The highest BCUT2D eigenvalue weighted by Crippen LogP contribution is 2.21. The van der Waals surface area contributed by atoms with Gasteiger partial charge in [0, 0.05) is 30.4 Å². The van der Waals surface area contributed by atoms with Crippen LogP contribution in [-0.2, 0) is 23.0 Å². The number of pyridine rings is 1. The topological polar surface area (TPSA) is 71.1 Å². The highest BCUT2D eigenvalue weighted by atomic mass is 32.2. The van der Waals surface area contributed by atoms with Crippen LogP contribution in [0.5, 0.6) is 0 Å². The van der Waals surface area contributed by atoms with E-state index in [0.717, 1.165) is 10.4 Å². The van der Waals surface area contributed by atoms with E-state index in [2.05, 4.69) is 15.0 Å². The molecule has 0 aliphatic rings. The third kappa shape index (κ3) is 3.86. The fraction of sp³-hybridized carbons (Fsp3) is 0.308. The van der Waals surface area contributed by atoms with Crippen molar-refractivity contribution in [3.63, 3.8) is 0 Å². The molecule has 0 atom stereocenters. The maximum Gasteiger partial charge on any atom is 0.241 e. The van der Waals surface area contributed by atoms with Crippen molar-refractivity contribution in [3.8, 4) is 0 Å². The first-order chi connectivity index (χ1) is 9.63. The Hall–Kier alpha value is -1.28. The summed E-state index contributed by atoms with van der Waals surface area (Å²) in [5.74, 6) is 0. The van der Waals surface area contributed by atoms with Crippen LogP contribution in [-0.4, -0.2) is 27.0 Å². The van der Waals surface area contributed by atoms with Crippen molar-refractivity contribution in [2.24, 2.45) is 0 Å². The van der Waals surface area contributed by atoms with Crippen molar-refractivity contribution in [3.05, 3.63) is 46.4 Å². The maximum atomic E-state index is 12.2. The fourth-order valence-electron chi connectivity index (χ4n) is 1.81. The average molecular weight is 311 g/mol. The fourth-order valence-corrected chi connectivity index (χ4v) is 4.30. The summed E-state index contributed by atoms with van der Waals surface area (Å²) in [5, 5.41) is 4.77. The third-order valence-corrected chi connectivity index (χ3v) is 5.36. The smallest absolute Gasteiger partial charge is 0.241 e. The lowest BCUT2D eigenvalue weighted by Gasteiger charge is -2.07. The Morgan fingerprint density at radius 1 is 1.35 bits per heavy atom. The molecule has 108 valence electrons. The van der Waals surface area contributed by atoms with Gasteiger partial charge in [-0.05, 0) is 36.5 Å². The Balaban J connectivity index is 1.99. The quantitative estimate of drug-likeness (QED) is 0.810. The van der Waals surface area contributed by atoms with Crippen LogP contribution < -0.4 is 10.0 Å². The summed E-state index contributed by atoms with van der Waals surface area (Å²) in [4.78, 5) is 5.19. The number of nitrogens with one attached hydrogen (secondary N) is 2. The molecule has 0 bridgehead atoms. The molecule has 0 aromatic carbocycles. The van der Waals surface area contributed by atoms with Crippen LogP contribution in [0.3, 0.4) is 0 Å². The number of hydrogen-bond donors (Lipinski definition) is 2. The van der Waals surface area contributed by atoms with E-state index in [1.807, 2.05) is 12.1 Å². The summed E-state index contributed by atoms with van der Waals surface area (Å²) in [6.45, 7) is 0.916. The van der Waals surface area contributed by atoms with Crippen molar-refractivity contribution in [2.45, 2.75) is 17.9 Å². The van der Waals surface area contributed by atoms with E-state index in [1.54, 1.807) is 30.9 Å². The summed E-state index contributed by atoms with van der Waals surface area (Å²) in [6, 6.07) is 5.41. The van der Waals surface area contributed by atoms with Crippen LogP contribution in [0.4, 0.5) is 0 Å². The van der Waals surface area contributed by atoms with Crippen LogP contribution in [0.15, 0.2) is 40.9 Å². The normalized spacial score (nSPS) is 11.7. The van der Waals surface area contributed by atoms with Gasteiger partial charge in [0.05, 0.1) is 4.90 Å². The van der Waals surface area contributed by atoms with Gasteiger partial charge in [-0.15, -0.1) is 11.3 Å². The van der Waals surface area contributed by atoms with Gasteiger partial charge in [0.1, 0.15) is 0 Å². The zero-order valence-electron chi connectivity index (χ0n) is 11.2. The van der Waals surface area contributed by atoms with Gasteiger partial charge in [-0.2, -0.15) is 0 Å². The van der Waals surface area contributed by atoms with E-state index >= 15 is 0 Å². The van der Waals surface area contributed by atoms with Crippen molar-refractivity contribution in [1.82, 2.24) is 15.0 Å². The number of thiophene rings is 1. The molecule has 0 spiro atoms. The van der Waals surface area contributed by atoms with Gasteiger partial charge in [0.2, 0.25) is 10.0 Å². The third-order valence-electron chi connectivity index (χ3n) is 2.76. The van der Waals surface area contributed by atoms with Gasteiger partial charge in [0.15, 0.2) is 0 Å². The molecule has 2 aromatic rings. The molecule has 5 nitrogen and oxygen atoms in total. The molecule has 2 rings (SSSR count). The maximum absolute atomic E-state index is 12.2. The second-order valence-electron chi connectivity index (χ2n) is 4.25. The minimum absolute atomic E-state index is 0.364. The molecule has 7 heteroatoms. The zero-order valence-corrected chi connectivity index (χ0v) is 12.8. The van der Waals surface area contributed by atoms with Gasteiger partial charge in [-0.3, -0.25) is 4.98 Å². The van der Waals surface area contributed by atoms with Gasteiger partial charge in [-0.1, -0.05) is 6.07 Å². The van der Waals surface area contributed by atoms with Crippen LogP contribution >= 0.6 is 11.3 Å². The highest BCUT2D eigenvalue weighted by molar-refractivity contribution is 7.89. The molecule has 0 fully saturated rings. The standard InChI is InChI=1S/C13H17N3O2S2/c1-14-10-12-13(5-8-19-12)20(17,18)16-7-4-11-3-2-6-15-9-11/h2-3,5-6,8-9,14,16H,4,7,10H2,1H3. The molecule has 0 radical (unpaired) electrons. The Morgan fingerprint density at radius 2 is 2.20 bits per heavy atom.